The molecule has 1 aliphatic rings. The number of imidazole rings is 1. The molecule has 2 heterocycles. The first-order chi connectivity index (χ1) is 16.1. The Morgan fingerprint density at radius 2 is 1.62 bits per heavy atom. The first kappa shape index (κ1) is 23.4. The third-order valence-electron chi connectivity index (χ3n) is 6.19. The molecule has 8 heteroatoms. The van der Waals surface area contributed by atoms with Crippen LogP contribution in [0.1, 0.15) is 48.1 Å². The molecule has 0 spiro atoms. The van der Waals surface area contributed by atoms with E-state index in [1.54, 1.807) is 38.3 Å². The van der Waals surface area contributed by atoms with Crippen molar-refractivity contribution < 1.29 is 28.5 Å². The maximum absolute atomic E-state index is 13.5. The van der Waals surface area contributed by atoms with Gasteiger partial charge in [-0.15, -0.1) is 0 Å². The standard InChI is InChI=1S/C26H28N2O6/c1-16-17(2)28(31)23(27(16)15-18-9-7-6-8-10-18)21(19-11-13-20(32-5)14-12-19)22-24(29)33-26(3,4)34-25(22)30/h6-14,21-22H,15H2,1-5H3. The number of esters is 2. The van der Waals surface area contributed by atoms with Crippen molar-refractivity contribution in [3.05, 3.63) is 88.1 Å². The van der Waals surface area contributed by atoms with Gasteiger partial charge in [0.15, 0.2) is 5.92 Å². The van der Waals surface area contributed by atoms with Gasteiger partial charge in [-0.05, 0) is 23.3 Å². The monoisotopic (exact) mass is 464 g/mol. The zero-order valence-electron chi connectivity index (χ0n) is 19.9. The highest BCUT2D eigenvalue weighted by Crippen LogP contribution is 2.38. The molecule has 1 atom stereocenters. The predicted molar refractivity (Wildman–Crippen MR) is 123 cm³/mol. The number of carbonyl (C=O) groups is 2. The van der Waals surface area contributed by atoms with Gasteiger partial charge in [-0.3, -0.25) is 9.59 Å². The number of benzene rings is 2. The summed E-state index contributed by atoms with van der Waals surface area (Å²) in [6.07, 6.45) is 0. The summed E-state index contributed by atoms with van der Waals surface area (Å²) < 4.78 is 18.8. The quantitative estimate of drug-likeness (QED) is 0.240. The van der Waals surface area contributed by atoms with Gasteiger partial charge < -0.3 is 19.4 Å². The molecule has 1 aromatic heterocycles. The molecule has 4 rings (SSSR count). The third-order valence-corrected chi connectivity index (χ3v) is 6.19. The van der Waals surface area contributed by atoms with E-state index in [-0.39, 0.29) is 5.82 Å². The van der Waals surface area contributed by atoms with Crippen LogP contribution in [-0.4, -0.2) is 29.4 Å². The summed E-state index contributed by atoms with van der Waals surface area (Å²) in [6.45, 7) is 6.97. The summed E-state index contributed by atoms with van der Waals surface area (Å²) in [4.78, 5) is 26.3. The van der Waals surface area contributed by atoms with Crippen LogP contribution < -0.4 is 9.47 Å². The van der Waals surface area contributed by atoms with Gasteiger partial charge in [-0.2, -0.15) is 0 Å². The fraction of sp³-hybridized carbons (Fsp3) is 0.346. The predicted octanol–water partition coefficient (Wildman–Crippen LogP) is 3.38. The van der Waals surface area contributed by atoms with Crippen LogP contribution in [0, 0.1) is 25.0 Å². The maximum Gasteiger partial charge on any atom is 0.324 e. The maximum atomic E-state index is 13.5. The van der Waals surface area contributed by atoms with Gasteiger partial charge in [0.2, 0.25) is 0 Å². The minimum absolute atomic E-state index is 0.266. The van der Waals surface area contributed by atoms with E-state index in [1.807, 2.05) is 41.8 Å². The molecule has 34 heavy (non-hydrogen) atoms. The zero-order chi connectivity index (χ0) is 24.6. The molecule has 2 aromatic carbocycles. The number of methoxy groups -OCH3 is 1. The van der Waals surface area contributed by atoms with Crippen LogP contribution in [0.3, 0.4) is 0 Å². The van der Waals surface area contributed by atoms with E-state index in [4.69, 9.17) is 14.2 Å². The molecule has 0 bridgehead atoms. The van der Waals surface area contributed by atoms with E-state index in [2.05, 4.69) is 0 Å². The van der Waals surface area contributed by atoms with Gasteiger partial charge in [0, 0.05) is 27.7 Å². The lowest BCUT2D eigenvalue weighted by molar-refractivity contribution is -0.621. The second-order valence-electron chi connectivity index (χ2n) is 8.87. The van der Waals surface area contributed by atoms with E-state index in [9.17, 15) is 14.8 Å². The van der Waals surface area contributed by atoms with Crippen LogP contribution in [-0.2, 0) is 25.6 Å². The van der Waals surface area contributed by atoms with Crippen molar-refractivity contribution >= 4 is 11.9 Å². The number of hydrogen-bond acceptors (Lipinski definition) is 6. The molecule has 8 nitrogen and oxygen atoms in total. The van der Waals surface area contributed by atoms with Crippen molar-refractivity contribution in [1.29, 1.82) is 0 Å². The topological polar surface area (TPSA) is 93.7 Å². The summed E-state index contributed by atoms with van der Waals surface area (Å²) in [5.41, 5.74) is 2.80. The highest BCUT2D eigenvalue weighted by Gasteiger charge is 2.52. The normalized spacial score (nSPS) is 16.6. The van der Waals surface area contributed by atoms with Crippen molar-refractivity contribution in [1.82, 2.24) is 4.57 Å². The molecule has 1 saturated heterocycles. The molecule has 0 N–H and O–H groups in total. The molecule has 3 aromatic rings. The SMILES string of the molecule is COc1ccc(C(c2n(Cc3ccccc3)c(C)c(C)[n+]2[O-])C2C(=O)OC(C)(C)OC2=O)cc1. The Morgan fingerprint density at radius 3 is 2.18 bits per heavy atom. The van der Waals surface area contributed by atoms with Crippen molar-refractivity contribution in [3.63, 3.8) is 0 Å². The van der Waals surface area contributed by atoms with E-state index in [1.165, 1.54) is 13.8 Å². The Hall–Kier alpha value is -3.81. The Morgan fingerprint density at radius 1 is 1.03 bits per heavy atom. The Kier molecular flexibility index (Phi) is 6.08. The molecule has 1 aliphatic heterocycles. The first-order valence-corrected chi connectivity index (χ1v) is 11.1. The van der Waals surface area contributed by atoms with Gasteiger partial charge in [-0.25, -0.2) is 9.30 Å². The van der Waals surface area contributed by atoms with E-state index < -0.39 is 29.6 Å². The van der Waals surface area contributed by atoms with Gasteiger partial charge in [-0.1, -0.05) is 42.5 Å². The van der Waals surface area contributed by atoms with Crippen LogP contribution in [0.15, 0.2) is 54.6 Å². The van der Waals surface area contributed by atoms with Crippen molar-refractivity contribution in [3.8, 4) is 5.75 Å². The lowest BCUT2D eigenvalue weighted by Gasteiger charge is -2.35. The van der Waals surface area contributed by atoms with Gasteiger partial charge in [0.05, 0.1) is 7.11 Å². The van der Waals surface area contributed by atoms with Crippen molar-refractivity contribution in [2.75, 3.05) is 7.11 Å². The number of carbonyl (C=O) groups excluding carboxylic acids is 2. The molecule has 0 aliphatic carbocycles. The number of cyclic esters (lactones) is 2. The Labute approximate surface area is 198 Å². The minimum atomic E-state index is -1.37. The first-order valence-electron chi connectivity index (χ1n) is 11.1. The van der Waals surface area contributed by atoms with E-state index in [0.717, 1.165) is 16.0 Å². The largest absolute Gasteiger partial charge is 0.711 e. The van der Waals surface area contributed by atoms with Gasteiger partial charge >= 0.3 is 11.9 Å². The van der Waals surface area contributed by atoms with Crippen LogP contribution >= 0.6 is 0 Å². The summed E-state index contributed by atoms with van der Waals surface area (Å²) in [6, 6.07) is 16.6. The molecular weight excluding hydrogens is 436 g/mol. The van der Waals surface area contributed by atoms with Crippen LogP contribution in [0.5, 0.6) is 5.75 Å². The van der Waals surface area contributed by atoms with Gasteiger partial charge in [0.1, 0.15) is 29.6 Å². The van der Waals surface area contributed by atoms with Crippen LogP contribution in [0.4, 0.5) is 0 Å². The van der Waals surface area contributed by atoms with Crippen molar-refractivity contribution in [2.45, 2.75) is 45.9 Å². The second-order valence-corrected chi connectivity index (χ2v) is 8.87. The smallest absolute Gasteiger partial charge is 0.324 e. The summed E-state index contributed by atoms with van der Waals surface area (Å²) in [5.74, 6) is -4.24. The highest BCUT2D eigenvalue weighted by atomic mass is 16.7. The number of rotatable bonds is 6. The van der Waals surface area contributed by atoms with Gasteiger partial charge in [0.25, 0.3) is 11.6 Å². The molecule has 0 amide bonds. The fourth-order valence-electron chi connectivity index (χ4n) is 4.36. The Bertz CT molecular complexity index is 1190. The lowest BCUT2D eigenvalue weighted by Crippen LogP contribution is -2.50. The van der Waals surface area contributed by atoms with E-state index >= 15 is 0 Å². The average molecular weight is 465 g/mol. The Balaban J connectivity index is 1.91. The van der Waals surface area contributed by atoms with Crippen LogP contribution in [0.25, 0.3) is 0 Å². The number of ether oxygens (including phenoxy) is 3. The fourth-order valence-corrected chi connectivity index (χ4v) is 4.36. The summed E-state index contributed by atoms with van der Waals surface area (Å²) >= 11 is 0. The minimum Gasteiger partial charge on any atom is -0.711 e. The highest BCUT2D eigenvalue weighted by molar-refractivity contribution is 5.98. The molecule has 1 unspecified atom stereocenters. The molecule has 178 valence electrons. The number of aromatic nitrogens is 2. The zero-order valence-corrected chi connectivity index (χ0v) is 19.9. The summed E-state index contributed by atoms with van der Waals surface area (Å²) in [7, 11) is 1.55. The molecule has 0 saturated carbocycles. The molecule has 1 fully saturated rings. The van der Waals surface area contributed by atoms with E-state index in [0.29, 0.717) is 23.6 Å². The average Bonchev–Trinajstić information content (AvgIpc) is 3.00. The summed E-state index contributed by atoms with van der Waals surface area (Å²) in [5, 5.41) is 13.5. The number of nitrogens with zero attached hydrogens (tertiary/aromatic N) is 2. The van der Waals surface area contributed by atoms with Crippen LogP contribution in [0.2, 0.25) is 0 Å². The number of hydrogen-bond donors (Lipinski definition) is 0. The third kappa shape index (κ3) is 4.23. The molecular formula is C26H28N2O6. The van der Waals surface area contributed by atoms with Crippen molar-refractivity contribution in [2.24, 2.45) is 5.92 Å². The lowest BCUT2D eigenvalue weighted by atomic mass is 9.84. The second kappa shape index (κ2) is 8.85. The molecule has 0 radical (unpaired) electrons.